The van der Waals surface area contributed by atoms with Crippen molar-refractivity contribution in [3.63, 3.8) is 0 Å². The molecule has 0 amide bonds. The second-order valence-corrected chi connectivity index (χ2v) is 4.97. The Balaban J connectivity index is 1.91. The van der Waals surface area contributed by atoms with Crippen LogP contribution in [0.1, 0.15) is 44.7 Å². The Morgan fingerprint density at radius 2 is 2.41 bits per heavy atom. The van der Waals surface area contributed by atoms with Gasteiger partial charge in [-0.25, -0.2) is 0 Å². The van der Waals surface area contributed by atoms with Gasteiger partial charge in [0.2, 0.25) is 0 Å². The number of rotatable bonds is 5. The molecule has 2 rings (SSSR count). The van der Waals surface area contributed by atoms with Crippen LogP contribution in [0.4, 0.5) is 0 Å². The van der Waals surface area contributed by atoms with Crippen molar-refractivity contribution in [3.05, 3.63) is 24.2 Å². The zero-order valence-corrected chi connectivity index (χ0v) is 11.0. The predicted molar refractivity (Wildman–Crippen MR) is 70.0 cm³/mol. The van der Waals surface area contributed by atoms with Gasteiger partial charge >= 0.3 is 0 Å². The molecule has 1 fully saturated rings. The minimum absolute atomic E-state index is 0.447. The van der Waals surface area contributed by atoms with Crippen LogP contribution in [0, 0.1) is 0 Å². The van der Waals surface area contributed by atoms with Gasteiger partial charge in [0.05, 0.1) is 12.5 Å². The quantitative estimate of drug-likeness (QED) is 0.852. The molecule has 2 unspecified atom stereocenters. The summed E-state index contributed by atoms with van der Waals surface area (Å²) in [5.74, 6) is 0. The zero-order valence-electron chi connectivity index (χ0n) is 11.0. The summed E-state index contributed by atoms with van der Waals surface area (Å²) in [5, 5.41) is 3.62. The standard InChI is InChI=1S/C14H24N2O/c1-3-16(10-14-6-4-5-8-15-14)12(2)13-7-9-17-11-13/h7,9,11-12,14-15H,3-6,8,10H2,1-2H3. The maximum Gasteiger partial charge on any atom is 0.0950 e. The maximum absolute atomic E-state index is 5.18. The van der Waals surface area contributed by atoms with E-state index in [4.69, 9.17) is 4.42 Å². The number of nitrogens with zero attached hydrogens (tertiary/aromatic N) is 1. The van der Waals surface area contributed by atoms with Crippen LogP contribution in [0.2, 0.25) is 0 Å². The molecular weight excluding hydrogens is 212 g/mol. The van der Waals surface area contributed by atoms with E-state index in [9.17, 15) is 0 Å². The summed E-state index contributed by atoms with van der Waals surface area (Å²) in [4.78, 5) is 2.52. The Bertz CT molecular complexity index is 304. The lowest BCUT2D eigenvalue weighted by Crippen LogP contribution is -2.44. The minimum atomic E-state index is 0.447. The summed E-state index contributed by atoms with van der Waals surface area (Å²) in [6.07, 6.45) is 7.64. The number of likely N-dealkylation sites (N-methyl/N-ethyl adjacent to an activating group) is 1. The highest BCUT2D eigenvalue weighted by atomic mass is 16.3. The molecule has 0 aromatic carbocycles. The van der Waals surface area contributed by atoms with Gasteiger partial charge < -0.3 is 9.73 Å². The number of hydrogen-bond donors (Lipinski definition) is 1. The molecule has 0 saturated carbocycles. The van der Waals surface area contributed by atoms with Gasteiger partial charge in [0, 0.05) is 24.2 Å². The van der Waals surface area contributed by atoms with E-state index in [1.165, 1.54) is 31.4 Å². The highest BCUT2D eigenvalue weighted by molar-refractivity contribution is 5.10. The first-order valence-corrected chi connectivity index (χ1v) is 6.80. The van der Waals surface area contributed by atoms with Gasteiger partial charge in [0.15, 0.2) is 0 Å². The predicted octanol–water partition coefficient (Wildman–Crippen LogP) is 2.80. The monoisotopic (exact) mass is 236 g/mol. The SMILES string of the molecule is CCN(CC1CCCCN1)C(C)c1ccoc1. The Morgan fingerprint density at radius 3 is 3.00 bits per heavy atom. The first-order chi connectivity index (χ1) is 8.31. The van der Waals surface area contributed by atoms with Crippen molar-refractivity contribution in [1.82, 2.24) is 10.2 Å². The largest absolute Gasteiger partial charge is 0.472 e. The van der Waals surface area contributed by atoms with Crippen LogP contribution in [0.3, 0.4) is 0 Å². The molecule has 2 atom stereocenters. The Morgan fingerprint density at radius 1 is 1.53 bits per heavy atom. The second kappa shape index (κ2) is 6.22. The lowest BCUT2D eigenvalue weighted by Gasteiger charge is -2.33. The molecule has 0 aliphatic carbocycles. The molecule has 2 heterocycles. The normalized spacial score (nSPS) is 22.9. The fourth-order valence-corrected chi connectivity index (χ4v) is 2.65. The molecule has 0 bridgehead atoms. The van der Waals surface area contributed by atoms with Crippen LogP contribution in [0.5, 0.6) is 0 Å². The van der Waals surface area contributed by atoms with E-state index in [-0.39, 0.29) is 0 Å². The van der Waals surface area contributed by atoms with Crippen LogP contribution in [0.25, 0.3) is 0 Å². The van der Waals surface area contributed by atoms with Crippen LogP contribution in [0.15, 0.2) is 23.0 Å². The van der Waals surface area contributed by atoms with Crippen LogP contribution in [-0.2, 0) is 0 Å². The van der Waals surface area contributed by atoms with Gasteiger partial charge in [-0.05, 0) is 38.9 Å². The smallest absolute Gasteiger partial charge is 0.0950 e. The molecule has 0 radical (unpaired) electrons. The van der Waals surface area contributed by atoms with Crippen molar-refractivity contribution in [2.24, 2.45) is 0 Å². The summed E-state index contributed by atoms with van der Waals surface area (Å²) in [6, 6.07) is 3.18. The van der Waals surface area contributed by atoms with E-state index >= 15 is 0 Å². The third-order valence-electron chi connectivity index (χ3n) is 3.85. The fourth-order valence-electron chi connectivity index (χ4n) is 2.65. The Hall–Kier alpha value is -0.800. The van der Waals surface area contributed by atoms with Gasteiger partial charge in [-0.15, -0.1) is 0 Å². The van der Waals surface area contributed by atoms with Crippen molar-refractivity contribution in [1.29, 1.82) is 0 Å². The van der Waals surface area contributed by atoms with Gasteiger partial charge in [-0.1, -0.05) is 13.3 Å². The summed E-state index contributed by atoms with van der Waals surface area (Å²) in [5.41, 5.74) is 1.28. The molecular formula is C14H24N2O. The van der Waals surface area contributed by atoms with E-state index in [0.717, 1.165) is 13.1 Å². The highest BCUT2D eigenvalue weighted by Crippen LogP contribution is 2.21. The molecule has 0 spiro atoms. The summed E-state index contributed by atoms with van der Waals surface area (Å²) in [7, 11) is 0. The number of furan rings is 1. The molecule has 1 aliphatic rings. The average Bonchev–Trinajstić information content (AvgIpc) is 2.90. The second-order valence-electron chi connectivity index (χ2n) is 4.97. The number of piperidine rings is 1. The molecule has 3 heteroatoms. The number of nitrogens with one attached hydrogen (secondary N) is 1. The zero-order chi connectivity index (χ0) is 12.1. The molecule has 96 valence electrons. The van der Waals surface area contributed by atoms with E-state index in [0.29, 0.717) is 12.1 Å². The van der Waals surface area contributed by atoms with Gasteiger partial charge in [0.25, 0.3) is 0 Å². The van der Waals surface area contributed by atoms with Crippen molar-refractivity contribution < 1.29 is 4.42 Å². The van der Waals surface area contributed by atoms with E-state index in [1.807, 2.05) is 6.26 Å². The molecule has 3 nitrogen and oxygen atoms in total. The molecule has 17 heavy (non-hydrogen) atoms. The van der Waals surface area contributed by atoms with Crippen LogP contribution < -0.4 is 5.32 Å². The lowest BCUT2D eigenvalue weighted by molar-refractivity contribution is 0.184. The molecule has 1 saturated heterocycles. The van der Waals surface area contributed by atoms with Crippen molar-refractivity contribution in [2.45, 2.75) is 45.2 Å². The van der Waals surface area contributed by atoms with Gasteiger partial charge in [-0.2, -0.15) is 0 Å². The topological polar surface area (TPSA) is 28.4 Å². The van der Waals surface area contributed by atoms with Gasteiger partial charge in [0.1, 0.15) is 0 Å². The first kappa shape index (κ1) is 12.7. The van der Waals surface area contributed by atoms with Crippen molar-refractivity contribution in [3.8, 4) is 0 Å². The van der Waals surface area contributed by atoms with E-state index in [1.54, 1.807) is 6.26 Å². The minimum Gasteiger partial charge on any atom is -0.472 e. The van der Waals surface area contributed by atoms with Gasteiger partial charge in [-0.3, -0.25) is 4.90 Å². The lowest BCUT2D eigenvalue weighted by atomic mass is 10.0. The summed E-state index contributed by atoms with van der Waals surface area (Å²) >= 11 is 0. The van der Waals surface area contributed by atoms with Crippen molar-refractivity contribution in [2.75, 3.05) is 19.6 Å². The van der Waals surface area contributed by atoms with Crippen molar-refractivity contribution >= 4 is 0 Å². The summed E-state index contributed by atoms with van der Waals surface area (Å²) in [6.45, 7) is 7.91. The fraction of sp³-hybridized carbons (Fsp3) is 0.714. The van der Waals surface area contributed by atoms with E-state index in [2.05, 4.69) is 30.1 Å². The Kier molecular flexibility index (Phi) is 4.63. The number of hydrogen-bond acceptors (Lipinski definition) is 3. The maximum atomic E-state index is 5.18. The third-order valence-corrected chi connectivity index (χ3v) is 3.85. The molecule has 1 N–H and O–H groups in total. The van der Waals surface area contributed by atoms with E-state index < -0.39 is 0 Å². The summed E-state index contributed by atoms with van der Waals surface area (Å²) < 4.78 is 5.18. The first-order valence-electron chi connectivity index (χ1n) is 6.80. The molecule has 1 aromatic rings. The third kappa shape index (κ3) is 3.33. The Labute approximate surface area is 104 Å². The molecule has 1 aliphatic heterocycles. The van der Waals surface area contributed by atoms with Crippen LogP contribution >= 0.6 is 0 Å². The van der Waals surface area contributed by atoms with Crippen LogP contribution in [-0.4, -0.2) is 30.6 Å². The highest BCUT2D eigenvalue weighted by Gasteiger charge is 2.20. The average molecular weight is 236 g/mol. The molecule has 1 aromatic heterocycles.